The van der Waals surface area contributed by atoms with Crippen LogP contribution in [0.3, 0.4) is 0 Å². The highest BCUT2D eigenvalue weighted by atomic mass is 16.6. The minimum absolute atomic E-state index is 0.0712. The van der Waals surface area contributed by atoms with Gasteiger partial charge in [0.25, 0.3) is 0 Å². The molecule has 0 radical (unpaired) electrons. The highest BCUT2D eigenvalue weighted by Gasteiger charge is 2.50. The number of nitrogens with one attached hydrogen (secondary N) is 2. The van der Waals surface area contributed by atoms with Gasteiger partial charge in [-0.3, -0.25) is 0 Å². The highest BCUT2D eigenvalue weighted by Crippen LogP contribution is 2.49. The van der Waals surface area contributed by atoms with Crippen molar-refractivity contribution in [1.29, 1.82) is 5.26 Å². The quantitative estimate of drug-likeness (QED) is 0.637. The van der Waals surface area contributed by atoms with Crippen LogP contribution in [0.15, 0.2) is 60.0 Å². The SMILES string of the molecule is Cc1ccc(C2NNC3OC(N)=C(C#N)C(c4ccccc4OC(=O)N4CCOCC4)C32)cc1. The maximum absolute atomic E-state index is 12.9. The van der Waals surface area contributed by atoms with E-state index in [0.29, 0.717) is 43.2 Å². The number of fused-ring (bicyclic) bond motifs is 1. The third-order valence-corrected chi connectivity index (χ3v) is 6.61. The molecule has 0 bridgehead atoms. The molecule has 9 heteroatoms. The Morgan fingerprint density at radius 2 is 1.88 bits per heavy atom. The van der Waals surface area contributed by atoms with Gasteiger partial charge >= 0.3 is 6.09 Å². The van der Waals surface area contributed by atoms with Crippen LogP contribution in [-0.4, -0.2) is 43.5 Å². The average molecular weight is 462 g/mol. The number of hydrazine groups is 1. The van der Waals surface area contributed by atoms with Crippen LogP contribution in [0.2, 0.25) is 0 Å². The van der Waals surface area contributed by atoms with Crippen molar-refractivity contribution in [2.24, 2.45) is 11.7 Å². The number of para-hydroxylation sites is 1. The predicted molar refractivity (Wildman–Crippen MR) is 123 cm³/mol. The van der Waals surface area contributed by atoms with Crippen LogP contribution in [0, 0.1) is 24.2 Å². The molecule has 1 amide bonds. The summed E-state index contributed by atoms with van der Waals surface area (Å²) in [5.74, 6) is -0.194. The van der Waals surface area contributed by atoms with Gasteiger partial charge in [0.15, 0.2) is 6.23 Å². The largest absolute Gasteiger partial charge is 0.458 e. The first kappa shape index (κ1) is 22.2. The first-order chi connectivity index (χ1) is 16.6. The van der Waals surface area contributed by atoms with Crippen LogP contribution in [0.5, 0.6) is 5.75 Å². The van der Waals surface area contributed by atoms with E-state index in [4.69, 9.17) is 19.9 Å². The lowest BCUT2D eigenvalue weighted by Gasteiger charge is -2.36. The van der Waals surface area contributed by atoms with Crippen LogP contribution in [-0.2, 0) is 9.47 Å². The van der Waals surface area contributed by atoms with Gasteiger partial charge < -0.3 is 24.8 Å². The second-order valence-electron chi connectivity index (χ2n) is 8.67. The molecule has 176 valence electrons. The van der Waals surface area contributed by atoms with Gasteiger partial charge in [-0.1, -0.05) is 48.0 Å². The number of hydrogen-bond donors (Lipinski definition) is 3. The van der Waals surface area contributed by atoms with E-state index in [1.54, 1.807) is 11.0 Å². The third kappa shape index (κ3) is 4.07. The van der Waals surface area contributed by atoms with E-state index >= 15 is 0 Å². The smallest absolute Gasteiger partial charge is 0.415 e. The van der Waals surface area contributed by atoms with Crippen LogP contribution < -0.4 is 21.3 Å². The molecule has 3 aliphatic heterocycles. The Labute approximate surface area is 198 Å². The fraction of sp³-hybridized carbons (Fsp3) is 0.360. The number of morpholine rings is 1. The maximum Gasteiger partial charge on any atom is 0.415 e. The van der Waals surface area contributed by atoms with Crippen LogP contribution in [0.4, 0.5) is 4.79 Å². The summed E-state index contributed by atoms with van der Waals surface area (Å²) >= 11 is 0. The lowest BCUT2D eigenvalue weighted by Crippen LogP contribution is -2.43. The second kappa shape index (κ2) is 9.35. The number of carbonyl (C=O) groups excluding carboxylic acids is 1. The number of allylic oxidation sites excluding steroid dienone is 1. The lowest BCUT2D eigenvalue weighted by atomic mass is 9.74. The number of aryl methyl sites for hydroxylation is 1. The minimum Gasteiger partial charge on any atom is -0.458 e. The van der Waals surface area contributed by atoms with Crippen LogP contribution in [0.25, 0.3) is 0 Å². The van der Waals surface area contributed by atoms with Gasteiger partial charge in [-0.05, 0) is 18.6 Å². The topological polar surface area (TPSA) is 122 Å². The minimum atomic E-state index is -0.462. The van der Waals surface area contributed by atoms with Crippen LogP contribution >= 0.6 is 0 Å². The molecule has 0 aliphatic carbocycles. The average Bonchev–Trinajstić information content (AvgIpc) is 3.28. The lowest BCUT2D eigenvalue weighted by molar-refractivity contribution is 0.0330. The van der Waals surface area contributed by atoms with E-state index in [0.717, 1.165) is 11.1 Å². The standard InChI is InChI=1S/C25H27N5O4/c1-15-6-8-16(9-7-15)22-21-20(18(14-26)23(27)34-24(21)29-28-22)17-4-2-3-5-19(17)33-25(31)30-10-12-32-13-11-30/h2-9,20-22,24,28-29H,10-13,27H2,1H3. The molecular weight excluding hydrogens is 434 g/mol. The molecule has 5 rings (SSSR count). The number of benzene rings is 2. The van der Waals surface area contributed by atoms with Gasteiger partial charge in [0.1, 0.15) is 11.8 Å². The van der Waals surface area contributed by atoms with E-state index in [2.05, 4.69) is 41.2 Å². The zero-order valence-corrected chi connectivity index (χ0v) is 18.9. The predicted octanol–water partition coefficient (Wildman–Crippen LogP) is 2.43. The second-order valence-corrected chi connectivity index (χ2v) is 8.67. The maximum atomic E-state index is 12.9. The van der Waals surface area contributed by atoms with Crippen LogP contribution in [0.1, 0.15) is 28.7 Å². The normalized spacial score (nSPS) is 26.4. The molecule has 2 aromatic rings. The van der Waals surface area contributed by atoms with E-state index < -0.39 is 18.2 Å². The summed E-state index contributed by atoms with van der Waals surface area (Å²) in [5, 5.41) is 10.0. The number of amides is 1. The molecule has 0 spiro atoms. The van der Waals surface area contributed by atoms with Gasteiger partial charge in [-0.15, -0.1) is 0 Å². The van der Waals surface area contributed by atoms with Gasteiger partial charge in [0.05, 0.1) is 24.8 Å². The molecule has 2 aromatic carbocycles. The zero-order chi connectivity index (χ0) is 23.7. The molecule has 9 nitrogen and oxygen atoms in total. The van der Waals surface area contributed by atoms with E-state index in [9.17, 15) is 10.1 Å². The number of ether oxygens (including phenoxy) is 3. The van der Waals surface area contributed by atoms with Crippen molar-refractivity contribution in [3.63, 3.8) is 0 Å². The van der Waals surface area contributed by atoms with E-state index in [1.165, 1.54) is 0 Å². The van der Waals surface area contributed by atoms with Gasteiger partial charge in [-0.25, -0.2) is 15.6 Å². The molecule has 0 aromatic heterocycles. The summed E-state index contributed by atoms with van der Waals surface area (Å²) in [4.78, 5) is 14.5. The van der Waals surface area contributed by atoms with Crippen molar-refractivity contribution in [1.82, 2.24) is 15.8 Å². The number of rotatable bonds is 3. The summed E-state index contributed by atoms with van der Waals surface area (Å²) in [6.45, 7) is 3.95. The Morgan fingerprint density at radius 1 is 1.15 bits per heavy atom. The van der Waals surface area contributed by atoms with Crippen molar-refractivity contribution >= 4 is 6.09 Å². The Hall–Kier alpha value is -3.58. The van der Waals surface area contributed by atoms with Crippen molar-refractivity contribution in [3.8, 4) is 11.8 Å². The fourth-order valence-electron chi connectivity index (χ4n) is 4.86. The summed E-state index contributed by atoms with van der Waals surface area (Å²) in [5.41, 5.74) is 15.9. The summed E-state index contributed by atoms with van der Waals surface area (Å²) in [6.07, 6.45) is -0.899. The molecule has 3 aliphatic rings. The molecule has 34 heavy (non-hydrogen) atoms. The number of nitrogens with zero attached hydrogens (tertiary/aromatic N) is 2. The molecule has 4 unspecified atom stereocenters. The first-order valence-electron chi connectivity index (χ1n) is 11.3. The monoisotopic (exact) mass is 461 g/mol. The molecular formula is C25H27N5O4. The van der Waals surface area contributed by atoms with E-state index in [-0.39, 0.29) is 17.8 Å². The fourth-order valence-corrected chi connectivity index (χ4v) is 4.86. The number of carbonyl (C=O) groups is 1. The molecule has 0 saturated carbocycles. The Balaban J connectivity index is 1.53. The van der Waals surface area contributed by atoms with Crippen molar-refractivity contribution in [2.75, 3.05) is 26.3 Å². The summed E-state index contributed by atoms with van der Waals surface area (Å²) in [7, 11) is 0. The van der Waals surface area contributed by atoms with Gasteiger partial charge in [0, 0.05) is 30.5 Å². The van der Waals surface area contributed by atoms with Crippen molar-refractivity contribution in [3.05, 3.63) is 76.7 Å². The Kier molecular flexibility index (Phi) is 6.11. The zero-order valence-electron chi connectivity index (χ0n) is 18.9. The van der Waals surface area contributed by atoms with Gasteiger partial charge in [-0.2, -0.15) is 5.26 Å². The number of nitriles is 1. The molecule has 4 atom stereocenters. The van der Waals surface area contributed by atoms with Crippen molar-refractivity contribution in [2.45, 2.75) is 25.1 Å². The first-order valence-corrected chi connectivity index (χ1v) is 11.3. The Bertz CT molecular complexity index is 1140. The molecule has 2 fully saturated rings. The third-order valence-electron chi connectivity index (χ3n) is 6.61. The highest BCUT2D eigenvalue weighted by molar-refractivity contribution is 5.71. The van der Waals surface area contributed by atoms with Crippen molar-refractivity contribution < 1.29 is 19.0 Å². The van der Waals surface area contributed by atoms with Gasteiger partial charge in [0.2, 0.25) is 5.88 Å². The number of nitrogens with two attached hydrogens (primary N) is 1. The number of hydrogen-bond acceptors (Lipinski definition) is 8. The summed E-state index contributed by atoms with van der Waals surface area (Å²) in [6, 6.07) is 17.6. The Morgan fingerprint density at radius 3 is 2.62 bits per heavy atom. The molecule has 4 N–H and O–H groups in total. The van der Waals surface area contributed by atoms with E-state index in [1.807, 2.05) is 25.1 Å². The summed E-state index contributed by atoms with van der Waals surface area (Å²) < 4.78 is 17.1. The molecule has 3 heterocycles. The molecule has 2 saturated heterocycles.